The first kappa shape index (κ1) is 14.3. The molecule has 6 heteroatoms. The molecule has 6 nitrogen and oxygen atoms in total. The Kier molecular flexibility index (Phi) is 3.91. The van der Waals surface area contributed by atoms with E-state index < -0.39 is 17.9 Å². The van der Waals surface area contributed by atoms with Gasteiger partial charge >= 0.3 is 11.9 Å². The summed E-state index contributed by atoms with van der Waals surface area (Å²) in [5, 5.41) is 0. The van der Waals surface area contributed by atoms with Crippen LogP contribution in [0, 0.1) is 0 Å². The molecule has 1 aromatic carbocycles. The Morgan fingerprint density at radius 2 is 2.14 bits per heavy atom. The molecule has 1 atom stereocenters. The van der Waals surface area contributed by atoms with Gasteiger partial charge < -0.3 is 14.1 Å². The minimum absolute atomic E-state index is 0.0197. The fourth-order valence-corrected chi connectivity index (χ4v) is 2.64. The second kappa shape index (κ2) is 6.01. The van der Waals surface area contributed by atoms with E-state index in [1.807, 2.05) is 24.3 Å². The van der Waals surface area contributed by atoms with Gasteiger partial charge in [0.2, 0.25) is 0 Å². The normalized spacial score (nSPS) is 17.0. The Morgan fingerprint density at radius 1 is 1.36 bits per heavy atom. The minimum atomic E-state index is -0.658. The van der Waals surface area contributed by atoms with Crippen LogP contribution in [0.15, 0.2) is 41.1 Å². The molecule has 114 valence electrons. The first-order chi connectivity index (χ1) is 10.7. The van der Waals surface area contributed by atoms with Crippen molar-refractivity contribution in [2.75, 3.05) is 6.61 Å². The van der Waals surface area contributed by atoms with Gasteiger partial charge in [-0.15, -0.1) is 0 Å². The lowest BCUT2D eigenvalue weighted by atomic mass is 9.94. The number of aromatic nitrogens is 1. The number of amides is 1. The first-order valence-corrected chi connectivity index (χ1v) is 7.14. The molecule has 2 aromatic rings. The number of fused-ring (bicyclic) bond motifs is 1. The van der Waals surface area contributed by atoms with Gasteiger partial charge in [0.25, 0.3) is 5.89 Å². The molecule has 1 amide bonds. The second-order valence-corrected chi connectivity index (χ2v) is 5.01. The van der Waals surface area contributed by atoms with Crippen LogP contribution in [0.5, 0.6) is 0 Å². The Balaban J connectivity index is 1.94. The lowest BCUT2D eigenvalue weighted by molar-refractivity contribution is -0.149. The maximum Gasteiger partial charge on any atom is 0.329 e. The summed E-state index contributed by atoms with van der Waals surface area (Å²) in [5.41, 5.74) is 2.07. The van der Waals surface area contributed by atoms with E-state index in [-0.39, 0.29) is 12.5 Å². The van der Waals surface area contributed by atoms with Gasteiger partial charge in [0.05, 0.1) is 12.8 Å². The van der Waals surface area contributed by atoms with Gasteiger partial charge in [-0.05, 0) is 18.1 Å². The number of carbonyl (C=O) groups is 2. The lowest BCUT2D eigenvalue weighted by Crippen LogP contribution is -2.49. The van der Waals surface area contributed by atoms with Crippen LogP contribution in [0.25, 0.3) is 0 Å². The van der Waals surface area contributed by atoms with Crippen LogP contribution in [0.3, 0.4) is 0 Å². The third kappa shape index (κ3) is 2.59. The summed E-state index contributed by atoms with van der Waals surface area (Å²) in [6, 6.07) is 7.10. The molecule has 0 aliphatic carbocycles. The highest BCUT2D eigenvalue weighted by atomic mass is 16.5. The first-order valence-electron chi connectivity index (χ1n) is 7.14. The molecular weight excluding hydrogens is 284 g/mol. The third-order valence-corrected chi connectivity index (χ3v) is 3.68. The van der Waals surface area contributed by atoms with Gasteiger partial charge in [0.15, 0.2) is 0 Å². The van der Waals surface area contributed by atoms with Crippen LogP contribution in [0.1, 0.15) is 28.7 Å². The van der Waals surface area contributed by atoms with Gasteiger partial charge in [-0.2, -0.15) is 0 Å². The van der Waals surface area contributed by atoms with Gasteiger partial charge in [-0.3, -0.25) is 4.79 Å². The van der Waals surface area contributed by atoms with Gasteiger partial charge in [0, 0.05) is 13.0 Å². The Hall–Kier alpha value is -2.63. The smallest absolute Gasteiger partial charge is 0.329 e. The predicted molar refractivity (Wildman–Crippen MR) is 76.9 cm³/mol. The van der Waals surface area contributed by atoms with Gasteiger partial charge in [-0.25, -0.2) is 9.78 Å². The lowest BCUT2D eigenvalue weighted by Gasteiger charge is -2.34. The Bertz CT molecular complexity index is 681. The van der Waals surface area contributed by atoms with Crippen LogP contribution in [-0.4, -0.2) is 34.4 Å². The molecule has 0 bridgehead atoms. The number of nitrogens with zero attached hydrogens (tertiary/aromatic N) is 2. The maximum atomic E-state index is 12.6. The fraction of sp³-hybridized carbons (Fsp3) is 0.312. The average molecular weight is 300 g/mol. The number of oxazole rings is 1. The molecule has 1 aliphatic heterocycles. The van der Waals surface area contributed by atoms with Crippen LogP contribution < -0.4 is 0 Å². The quantitative estimate of drug-likeness (QED) is 0.808. The molecular formula is C16H16N2O4. The number of ether oxygens (including phenoxy) is 1. The van der Waals surface area contributed by atoms with Crippen molar-refractivity contribution >= 4 is 11.9 Å². The van der Waals surface area contributed by atoms with E-state index in [0.29, 0.717) is 13.0 Å². The molecule has 0 N–H and O–H groups in total. The van der Waals surface area contributed by atoms with Gasteiger partial charge in [-0.1, -0.05) is 24.3 Å². The van der Waals surface area contributed by atoms with Crippen molar-refractivity contribution in [2.45, 2.75) is 25.9 Å². The van der Waals surface area contributed by atoms with Crippen molar-refractivity contribution in [1.29, 1.82) is 0 Å². The number of rotatable bonds is 3. The number of hydrogen-bond acceptors (Lipinski definition) is 5. The largest absolute Gasteiger partial charge is 0.464 e. The van der Waals surface area contributed by atoms with Gasteiger partial charge in [0.1, 0.15) is 12.3 Å². The molecule has 0 radical (unpaired) electrons. The molecule has 1 aliphatic rings. The summed E-state index contributed by atoms with van der Waals surface area (Å²) in [5.74, 6) is -0.830. The summed E-state index contributed by atoms with van der Waals surface area (Å²) in [6.45, 7) is 2.35. The fourth-order valence-electron chi connectivity index (χ4n) is 2.64. The minimum Gasteiger partial charge on any atom is -0.464 e. The number of carbonyl (C=O) groups excluding carboxylic acids is 2. The van der Waals surface area contributed by atoms with E-state index in [1.165, 1.54) is 17.4 Å². The topological polar surface area (TPSA) is 72.6 Å². The number of esters is 1. The summed E-state index contributed by atoms with van der Waals surface area (Å²) in [7, 11) is 0. The highest BCUT2D eigenvalue weighted by molar-refractivity contribution is 5.93. The number of benzene rings is 1. The van der Waals surface area contributed by atoms with Crippen LogP contribution >= 0.6 is 0 Å². The summed E-state index contributed by atoms with van der Waals surface area (Å²) in [4.78, 5) is 30.1. The molecule has 1 unspecified atom stereocenters. The van der Waals surface area contributed by atoms with E-state index in [9.17, 15) is 9.59 Å². The Labute approximate surface area is 127 Å². The standard InChI is InChI=1S/C16H16N2O4/c1-2-21-16(20)13-9-11-5-3-4-6-12(11)10-18(13)15(19)14-17-7-8-22-14/h3-8,13H,2,9-10H2,1H3. The zero-order valence-electron chi connectivity index (χ0n) is 12.2. The third-order valence-electron chi connectivity index (χ3n) is 3.68. The van der Waals surface area contributed by atoms with E-state index in [1.54, 1.807) is 6.92 Å². The Morgan fingerprint density at radius 3 is 2.82 bits per heavy atom. The molecule has 2 heterocycles. The SMILES string of the molecule is CCOC(=O)C1Cc2ccccc2CN1C(=O)c1ncco1. The summed E-state index contributed by atoms with van der Waals surface area (Å²) < 4.78 is 10.2. The summed E-state index contributed by atoms with van der Waals surface area (Å²) in [6.07, 6.45) is 3.18. The van der Waals surface area contributed by atoms with E-state index in [2.05, 4.69) is 4.98 Å². The zero-order valence-corrected chi connectivity index (χ0v) is 12.2. The highest BCUT2D eigenvalue weighted by Crippen LogP contribution is 2.25. The van der Waals surface area contributed by atoms with E-state index >= 15 is 0 Å². The van der Waals surface area contributed by atoms with E-state index in [4.69, 9.17) is 9.15 Å². The molecule has 0 spiro atoms. The monoisotopic (exact) mass is 300 g/mol. The molecule has 0 fully saturated rings. The molecule has 0 saturated carbocycles. The van der Waals surface area contributed by atoms with Crippen molar-refractivity contribution < 1.29 is 18.7 Å². The molecule has 1 aromatic heterocycles. The second-order valence-electron chi connectivity index (χ2n) is 5.01. The molecule has 0 saturated heterocycles. The van der Waals surface area contributed by atoms with Crippen molar-refractivity contribution in [3.8, 4) is 0 Å². The van der Waals surface area contributed by atoms with Crippen molar-refractivity contribution in [2.24, 2.45) is 0 Å². The predicted octanol–water partition coefficient (Wildman–Crippen LogP) is 1.80. The number of hydrogen-bond donors (Lipinski definition) is 0. The molecule has 3 rings (SSSR count). The van der Waals surface area contributed by atoms with Crippen molar-refractivity contribution in [3.63, 3.8) is 0 Å². The van der Waals surface area contributed by atoms with Crippen LogP contribution in [0.2, 0.25) is 0 Å². The maximum absolute atomic E-state index is 12.6. The van der Waals surface area contributed by atoms with E-state index in [0.717, 1.165) is 11.1 Å². The summed E-state index contributed by atoms with van der Waals surface area (Å²) >= 11 is 0. The average Bonchev–Trinajstić information content (AvgIpc) is 3.07. The van der Waals surface area contributed by atoms with Crippen LogP contribution in [0.4, 0.5) is 0 Å². The highest BCUT2D eigenvalue weighted by Gasteiger charge is 2.37. The molecule has 22 heavy (non-hydrogen) atoms. The van der Waals surface area contributed by atoms with Crippen molar-refractivity contribution in [3.05, 3.63) is 53.7 Å². The van der Waals surface area contributed by atoms with Crippen molar-refractivity contribution in [1.82, 2.24) is 9.88 Å². The zero-order chi connectivity index (χ0) is 15.5. The van der Waals surface area contributed by atoms with Crippen LogP contribution in [-0.2, 0) is 22.5 Å².